The van der Waals surface area contributed by atoms with Crippen molar-refractivity contribution in [1.82, 2.24) is 24.6 Å². The molecule has 1 aliphatic carbocycles. The Morgan fingerprint density at radius 3 is 2.92 bits per heavy atom. The summed E-state index contributed by atoms with van der Waals surface area (Å²) in [6, 6.07) is 8.22. The number of aromatic nitrogens is 5. The second kappa shape index (κ2) is 5.47. The van der Waals surface area contributed by atoms with E-state index in [2.05, 4.69) is 31.4 Å². The summed E-state index contributed by atoms with van der Waals surface area (Å²) in [4.78, 5) is 13.1. The Balaban J connectivity index is 1.47. The number of pyridine rings is 2. The lowest BCUT2D eigenvalue weighted by molar-refractivity contribution is -0.0236. The molecule has 0 aliphatic heterocycles. The van der Waals surface area contributed by atoms with Crippen molar-refractivity contribution in [3.8, 4) is 11.1 Å². The predicted molar refractivity (Wildman–Crippen MR) is 98.8 cm³/mol. The Morgan fingerprint density at radius 2 is 2.08 bits per heavy atom. The zero-order chi connectivity index (χ0) is 17.7. The topological polar surface area (TPSA) is 88.2 Å². The van der Waals surface area contributed by atoms with E-state index in [1.807, 2.05) is 48.2 Å². The van der Waals surface area contributed by atoms with Gasteiger partial charge in [-0.25, -0.2) is 19.5 Å². The van der Waals surface area contributed by atoms with Crippen molar-refractivity contribution >= 4 is 22.5 Å². The Hall–Kier alpha value is -3.06. The van der Waals surface area contributed by atoms with Crippen LogP contribution in [-0.4, -0.2) is 41.3 Å². The van der Waals surface area contributed by atoms with Gasteiger partial charge in [0.25, 0.3) is 0 Å². The van der Waals surface area contributed by atoms with Gasteiger partial charge in [0.2, 0.25) is 5.95 Å². The monoisotopic (exact) mass is 346 g/mol. The zero-order valence-electron chi connectivity index (χ0n) is 14.3. The highest BCUT2D eigenvalue weighted by molar-refractivity contribution is 5.86. The molecule has 0 saturated heterocycles. The van der Waals surface area contributed by atoms with Crippen LogP contribution < -0.4 is 5.32 Å². The molecule has 7 heteroatoms. The van der Waals surface area contributed by atoms with Crippen molar-refractivity contribution in [3.63, 3.8) is 0 Å². The van der Waals surface area contributed by atoms with Crippen LogP contribution in [0.2, 0.25) is 0 Å². The molecule has 0 unspecified atom stereocenters. The Morgan fingerprint density at radius 1 is 1.19 bits per heavy atom. The molecule has 26 heavy (non-hydrogen) atoms. The van der Waals surface area contributed by atoms with E-state index in [9.17, 15) is 5.11 Å². The molecular weight excluding hydrogens is 328 g/mol. The van der Waals surface area contributed by atoms with E-state index in [0.29, 0.717) is 18.8 Å². The minimum Gasteiger partial charge on any atom is -0.390 e. The molecule has 0 spiro atoms. The number of anilines is 1. The third kappa shape index (κ3) is 2.57. The third-order valence-corrected chi connectivity index (χ3v) is 4.89. The smallest absolute Gasteiger partial charge is 0.241 e. The molecule has 0 radical (unpaired) electrons. The average Bonchev–Trinajstić information content (AvgIpc) is 3.03. The molecule has 4 aromatic heterocycles. The van der Waals surface area contributed by atoms with Gasteiger partial charge in [0.15, 0.2) is 5.65 Å². The number of hydrogen-bond donors (Lipinski definition) is 2. The first-order valence-electron chi connectivity index (χ1n) is 8.62. The normalized spacial score (nSPS) is 22.5. The maximum Gasteiger partial charge on any atom is 0.241 e. The van der Waals surface area contributed by atoms with Gasteiger partial charge < -0.3 is 10.4 Å². The lowest BCUT2D eigenvalue weighted by Crippen LogP contribution is -2.48. The maximum atomic E-state index is 9.84. The second-order valence-electron chi connectivity index (χ2n) is 7.16. The summed E-state index contributed by atoms with van der Waals surface area (Å²) in [6.07, 6.45) is 8.72. The first-order valence-corrected chi connectivity index (χ1v) is 8.62. The first-order chi connectivity index (χ1) is 12.6. The summed E-state index contributed by atoms with van der Waals surface area (Å²) in [5.41, 5.74) is 3.12. The van der Waals surface area contributed by atoms with E-state index in [4.69, 9.17) is 0 Å². The highest BCUT2D eigenvalue weighted by Crippen LogP contribution is 2.33. The third-order valence-electron chi connectivity index (χ3n) is 4.89. The first kappa shape index (κ1) is 15.2. The largest absolute Gasteiger partial charge is 0.390 e. The minimum absolute atomic E-state index is 0.217. The van der Waals surface area contributed by atoms with Crippen LogP contribution in [0.4, 0.5) is 5.95 Å². The Labute approximate surface area is 149 Å². The van der Waals surface area contributed by atoms with Crippen LogP contribution in [-0.2, 0) is 0 Å². The summed E-state index contributed by atoms with van der Waals surface area (Å²) >= 11 is 0. The highest BCUT2D eigenvalue weighted by atomic mass is 16.3. The van der Waals surface area contributed by atoms with Gasteiger partial charge in [-0.05, 0) is 44.0 Å². The van der Waals surface area contributed by atoms with Gasteiger partial charge in [-0.2, -0.15) is 0 Å². The van der Waals surface area contributed by atoms with Crippen LogP contribution in [0, 0.1) is 0 Å². The highest BCUT2D eigenvalue weighted by Gasteiger charge is 2.38. The van der Waals surface area contributed by atoms with Crippen molar-refractivity contribution < 1.29 is 5.11 Å². The van der Waals surface area contributed by atoms with Gasteiger partial charge in [-0.15, -0.1) is 5.10 Å². The number of nitrogens with zero attached hydrogens (tertiary/aromatic N) is 5. The molecule has 0 atom stereocenters. The molecule has 130 valence electrons. The molecule has 4 heterocycles. The molecule has 1 fully saturated rings. The molecule has 7 nitrogen and oxygen atoms in total. The molecule has 5 rings (SSSR count). The quantitative estimate of drug-likeness (QED) is 0.593. The fourth-order valence-corrected chi connectivity index (χ4v) is 3.61. The van der Waals surface area contributed by atoms with Gasteiger partial charge >= 0.3 is 0 Å². The van der Waals surface area contributed by atoms with Crippen LogP contribution in [0.3, 0.4) is 0 Å². The molecule has 1 aliphatic rings. The summed E-state index contributed by atoms with van der Waals surface area (Å²) in [6.45, 7) is 1.85. The van der Waals surface area contributed by atoms with Crippen molar-refractivity contribution in [2.75, 3.05) is 5.32 Å². The molecule has 1 saturated carbocycles. The van der Waals surface area contributed by atoms with Crippen LogP contribution >= 0.6 is 0 Å². The average molecular weight is 346 g/mol. The number of nitrogens with one attached hydrogen (secondary N) is 1. The van der Waals surface area contributed by atoms with Gasteiger partial charge in [0.1, 0.15) is 0 Å². The lowest BCUT2D eigenvalue weighted by atomic mass is 9.77. The van der Waals surface area contributed by atoms with E-state index < -0.39 is 5.60 Å². The van der Waals surface area contributed by atoms with E-state index in [0.717, 1.165) is 27.7 Å². The Bertz CT molecular complexity index is 1110. The van der Waals surface area contributed by atoms with Crippen molar-refractivity contribution in [2.24, 2.45) is 0 Å². The van der Waals surface area contributed by atoms with Crippen LogP contribution in [0.5, 0.6) is 0 Å². The standard InChI is InChI=1S/C19H18N6O/c1-19(26)8-14(9-19)23-18-22-11-16-15(4-6-25(16)24-18)13-7-12-3-2-5-20-17(12)21-10-13/h2-7,10-11,14,26H,8-9H2,1H3,(H,23,24)/t14-,19+. The second-order valence-corrected chi connectivity index (χ2v) is 7.16. The Kier molecular flexibility index (Phi) is 3.20. The van der Waals surface area contributed by atoms with Crippen LogP contribution in [0.15, 0.2) is 49.1 Å². The summed E-state index contributed by atoms with van der Waals surface area (Å²) in [7, 11) is 0. The molecular formula is C19H18N6O. The summed E-state index contributed by atoms with van der Waals surface area (Å²) in [5.74, 6) is 0.570. The molecule has 0 bridgehead atoms. The van der Waals surface area contributed by atoms with Crippen molar-refractivity contribution in [1.29, 1.82) is 0 Å². The minimum atomic E-state index is -0.569. The molecule has 4 aromatic rings. The number of fused-ring (bicyclic) bond motifs is 2. The molecule has 0 amide bonds. The summed E-state index contributed by atoms with van der Waals surface area (Å²) in [5, 5.41) is 18.7. The SMILES string of the molecule is C[C@]1(O)C[C@@H](Nc2ncc3c(-c4cnc5ncccc5c4)ccn3n2)C1. The van der Waals surface area contributed by atoms with E-state index in [1.165, 1.54) is 0 Å². The van der Waals surface area contributed by atoms with Crippen LogP contribution in [0.1, 0.15) is 19.8 Å². The van der Waals surface area contributed by atoms with Crippen molar-refractivity contribution in [2.45, 2.75) is 31.4 Å². The molecule has 2 N–H and O–H groups in total. The van der Waals surface area contributed by atoms with E-state index >= 15 is 0 Å². The van der Waals surface area contributed by atoms with Crippen molar-refractivity contribution in [3.05, 3.63) is 49.1 Å². The number of hydrogen-bond acceptors (Lipinski definition) is 6. The fourth-order valence-electron chi connectivity index (χ4n) is 3.61. The number of rotatable bonds is 3. The van der Waals surface area contributed by atoms with E-state index in [1.54, 1.807) is 6.20 Å². The van der Waals surface area contributed by atoms with Gasteiger partial charge in [-0.1, -0.05) is 0 Å². The predicted octanol–water partition coefficient (Wildman–Crippen LogP) is 2.66. The van der Waals surface area contributed by atoms with E-state index in [-0.39, 0.29) is 6.04 Å². The van der Waals surface area contributed by atoms with Gasteiger partial charge in [-0.3, -0.25) is 0 Å². The number of aliphatic hydroxyl groups is 1. The fraction of sp³-hybridized carbons (Fsp3) is 0.263. The van der Waals surface area contributed by atoms with Gasteiger partial charge in [0, 0.05) is 41.1 Å². The molecule has 0 aromatic carbocycles. The maximum absolute atomic E-state index is 9.84. The zero-order valence-corrected chi connectivity index (χ0v) is 14.3. The lowest BCUT2D eigenvalue weighted by Gasteiger charge is -2.41. The summed E-state index contributed by atoms with van der Waals surface area (Å²) < 4.78 is 1.81. The van der Waals surface area contributed by atoms with Gasteiger partial charge in [0.05, 0.1) is 17.3 Å². The van der Waals surface area contributed by atoms with Crippen LogP contribution in [0.25, 0.3) is 27.7 Å².